The predicted octanol–water partition coefficient (Wildman–Crippen LogP) is 4.97. The van der Waals surface area contributed by atoms with Gasteiger partial charge in [0.05, 0.1) is 0 Å². The standard InChI is InChI=1S/C16H21N.C2H6/c1-2-3-4-5-7-12-16(13-14-17)15-10-8-6-9-11-15;1-2/h2-4,6,8-11,13H,1,5,7,12,14,17H2;1-2H3/b4-3-,16-13-;. The zero-order chi connectivity index (χ0) is 14.3. The van der Waals surface area contributed by atoms with Gasteiger partial charge in [-0.2, -0.15) is 0 Å². The molecule has 2 N–H and O–H groups in total. The van der Waals surface area contributed by atoms with Gasteiger partial charge in [-0.25, -0.2) is 0 Å². The van der Waals surface area contributed by atoms with E-state index >= 15 is 0 Å². The number of hydrogen-bond donors (Lipinski definition) is 1. The van der Waals surface area contributed by atoms with E-state index in [9.17, 15) is 0 Å². The Kier molecular flexibility index (Phi) is 11.8. The second-order valence-electron chi connectivity index (χ2n) is 3.89. The Balaban J connectivity index is 0.00000154. The average molecular weight is 257 g/mol. The Morgan fingerprint density at radius 3 is 2.47 bits per heavy atom. The van der Waals surface area contributed by atoms with Crippen LogP contribution in [0.1, 0.15) is 38.7 Å². The maximum absolute atomic E-state index is 5.62. The maximum Gasteiger partial charge on any atom is 0.0112 e. The van der Waals surface area contributed by atoms with Crippen LogP contribution in [0.2, 0.25) is 0 Å². The molecule has 0 unspecified atom stereocenters. The number of rotatable bonds is 7. The topological polar surface area (TPSA) is 26.0 Å². The van der Waals surface area contributed by atoms with Crippen molar-refractivity contribution < 1.29 is 0 Å². The molecule has 0 aliphatic carbocycles. The second-order valence-corrected chi connectivity index (χ2v) is 3.89. The predicted molar refractivity (Wildman–Crippen MR) is 88.0 cm³/mol. The summed E-state index contributed by atoms with van der Waals surface area (Å²) in [5.74, 6) is 0. The van der Waals surface area contributed by atoms with E-state index in [0.29, 0.717) is 6.54 Å². The van der Waals surface area contributed by atoms with Gasteiger partial charge in [0.15, 0.2) is 0 Å². The van der Waals surface area contributed by atoms with Gasteiger partial charge >= 0.3 is 0 Å². The van der Waals surface area contributed by atoms with Crippen LogP contribution in [0.3, 0.4) is 0 Å². The zero-order valence-corrected chi connectivity index (χ0v) is 12.3. The van der Waals surface area contributed by atoms with Crippen molar-refractivity contribution in [3.8, 4) is 0 Å². The minimum Gasteiger partial charge on any atom is -0.327 e. The van der Waals surface area contributed by atoms with Crippen molar-refractivity contribution in [2.75, 3.05) is 6.54 Å². The minimum absolute atomic E-state index is 0.604. The molecule has 104 valence electrons. The van der Waals surface area contributed by atoms with Crippen molar-refractivity contribution in [1.29, 1.82) is 0 Å². The molecule has 0 amide bonds. The summed E-state index contributed by atoms with van der Waals surface area (Å²) in [6.45, 7) is 8.26. The lowest BCUT2D eigenvalue weighted by molar-refractivity contribution is 0.878. The summed E-state index contributed by atoms with van der Waals surface area (Å²) in [7, 11) is 0. The van der Waals surface area contributed by atoms with Crippen LogP contribution < -0.4 is 5.73 Å². The minimum atomic E-state index is 0.604. The van der Waals surface area contributed by atoms with Crippen LogP contribution in [0.5, 0.6) is 0 Å². The first-order valence-electron chi connectivity index (χ1n) is 7.10. The Bertz CT molecular complexity index is 374. The Morgan fingerprint density at radius 1 is 1.21 bits per heavy atom. The van der Waals surface area contributed by atoms with Gasteiger partial charge in [-0.05, 0) is 30.4 Å². The molecule has 0 heterocycles. The molecule has 0 saturated heterocycles. The normalized spacial score (nSPS) is 11.0. The van der Waals surface area contributed by atoms with Gasteiger partial charge in [0.2, 0.25) is 0 Å². The van der Waals surface area contributed by atoms with Crippen LogP contribution in [0, 0.1) is 0 Å². The molecule has 0 saturated carbocycles. The van der Waals surface area contributed by atoms with Crippen LogP contribution in [0.4, 0.5) is 0 Å². The Labute approximate surface area is 118 Å². The third-order valence-electron chi connectivity index (χ3n) is 2.60. The molecule has 19 heavy (non-hydrogen) atoms. The number of benzene rings is 1. The Morgan fingerprint density at radius 2 is 1.89 bits per heavy atom. The maximum atomic E-state index is 5.62. The van der Waals surface area contributed by atoms with Gasteiger partial charge in [0.1, 0.15) is 0 Å². The van der Waals surface area contributed by atoms with Gasteiger partial charge in [-0.1, -0.05) is 75.1 Å². The molecule has 0 spiro atoms. The van der Waals surface area contributed by atoms with E-state index in [1.807, 2.05) is 32.1 Å². The van der Waals surface area contributed by atoms with Crippen molar-refractivity contribution in [3.05, 3.63) is 66.8 Å². The molecule has 1 heteroatoms. The monoisotopic (exact) mass is 257 g/mol. The van der Waals surface area contributed by atoms with Crippen molar-refractivity contribution in [1.82, 2.24) is 0 Å². The molecular weight excluding hydrogens is 230 g/mol. The van der Waals surface area contributed by atoms with Gasteiger partial charge in [-0.15, -0.1) is 0 Å². The van der Waals surface area contributed by atoms with E-state index in [0.717, 1.165) is 19.3 Å². The fourth-order valence-electron chi connectivity index (χ4n) is 1.76. The summed E-state index contributed by atoms with van der Waals surface area (Å²) in [5, 5.41) is 0. The average Bonchev–Trinajstić information content (AvgIpc) is 2.49. The first kappa shape index (κ1) is 17.4. The number of allylic oxidation sites excluding steroid dienone is 4. The van der Waals surface area contributed by atoms with Crippen molar-refractivity contribution in [2.24, 2.45) is 5.73 Å². The summed E-state index contributed by atoms with van der Waals surface area (Å²) in [4.78, 5) is 0. The van der Waals surface area contributed by atoms with Crippen LogP contribution in [-0.4, -0.2) is 6.54 Å². The number of hydrogen-bond acceptors (Lipinski definition) is 1. The fraction of sp³-hybridized carbons (Fsp3) is 0.333. The van der Waals surface area contributed by atoms with E-state index in [1.165, 1.54) is 11.1 Å². The lowest BCUT2D eigenvalue weighted by Gasteiger charge is -2.06. The van der Waals surface area contributed by atoms with E-state index in [4.69, 9.17) is 5.73 Å². The highest BCUT2D eigenvalue weighted by molar-refractivity contribution is 5.65. The van der Waals surface area contributed by atoms with Crippen LogP contribution >= 0.6 is 0 Å². The van der Waals surface area contributed by atoms with Crippen LogP contribution in [0.25, 0.3) is 5.57 Å². The number of unbranched alkanes of at least 4 members (excludes halogenated alkanes) is 1. The molecule has 0 fully saturated rings. The summed E-state index contributed by atoms with van der Waals surface area (Å²) in [5.41, 5.74) is 8.25. The smallest absolute Gasteiger partial charge is 0.0112 e. The van der Waals surface area contributed by atoms with E-state index < -0.39 is 0 Å². The fourth-order valence-corrected chi connectivity index (χ4v) is 1.76. The van der Waals surface area contributed by atoms with E-state index in [2.05, 4.69) is 43.0 Å². The summed E-state index contributed by atoms with van der Waals surface area (Å²) in [6, 6.07) is 10.5. The Hall–Kier alpha value is -1.60. The lowest BCUT2D eigenvalue weighted by Crippen LogP contribution is -1.96. The summed E-state index contributed by atoms with van der Waals surface area (Å²) < 4.78 is 0. The molecule has 1 aromatic rings. The molecule has 1 aromatic carbocycles. The van der Waals surface area contributed by atoms with Crippen LogP contribution in [0.15, 0.2) is 61.2 Å². The van der Waals surface area contributed by atoms with Gasteiger partial charge in [-0.3, -0.25) is 0 Å². The molecule has 0 aliphatic rings. The molecule has 0 aliphatic heterocycles. The molecule has 1 nitrogen and oxygen atoms in total. The summed E-state index contributed by atoms with van der Waals surface area (Å²) >= 11 is 0. The molecule has 1 rings (SSSR count). The first-order valence-corrected chi connectivity index (χ1v) is 7.10. The third-order valence-corrected chi connectivity index (χ3v) is 2.60. The van der Waals surface area contributed by atoms with Gasteiger partial charge in [0, 0.05) is 6.54 Å². The van der Waals surface area contributed by atoms with E-state index in [1.54, 1.807) is 0 Å². The highest BCUT2D eigenvalue weighted by Gasteiger charge is 1.99. The van der Waals surface area contributed by atoms with E-state index in [-0.39, 0.29) is 0 Å². The van der Waals surface area contributed by atoms with Gasteiger partial charge in [0.25, 0.3) is 0 Å². The van der Waals surface area contributed by atoms with Crippen molar-refractivity contribution in [2.45, 2.75) is 33.1 Å². The molecule has 0 radical (unpaired) electrons. The van der Waals surface area contributed by atoms with Crippen molar-refractivity contribution in [3.63, 3.8) is 0 Å². The van der Waals surface area contributed by atoms with Crippen LogP contribution in [-0.2, 0) is 0 Å². The molecule has 0 aromatic heterocycles. The lowest BCUT2D eigenvalue weighted by atomic mass is 10.00. The molecule has 0 atom stereocenters. The molecule has 0 bridgehead atoms. The zero-order valence-electron chi connectivity index (χ0n) is 12.3. The van der Waals surface area contributed by atoms with Crippen molar-refractivity contribution >= 4 is 5.57 Å². The largest absolute Gasteiger partial charge is 0.327 e. The molecular formula is C18H27N. The number of nitrogens with two attached hydrogens (primary N) is 1. The quantitative estimate of drug-likeness (QED) is 0.542. The second kappa shape index (κ2) is 12.8. The first-order chi connectivity index (χ1) is 9.38. The van der Waals surface area contributed by atoms with Gasteiger partial charge < -0.3 is 5.73 Å². The highest BCUT2D eigenvalue weighted by Crippen LogP contribution is 2.20. The highest BCUT2D eigenvalue weighted by atomic mass is 14.5. The third kappa shape index (κ3) is 8.17. The SMILES string of the molecule is C=C/C=C\CCC/C(=C/CN)c1ccccc1.CC. The summed E-state index contributed by atoms with van der Waals surface area (Å²) in [6.07, 6.45) is 11.4.